The minimum atomic E-state index is -0.998. The molecule has 0 aromatic heterocycles. The molecule has 2 aromatic carbocycles. The molecule has 0 radical (unpaired) electrons. The molecule has 0 spiro atoms. The summed E-state index contributed by atoms with van der Waals surface area (Å²) in [7, 11) is 1.25. The van der Waals surface area contributed by atoms with Gasteiger partial charge in [0.25, 0.3) is 5.91 Å². The molecule has 2 amide bonds. The number of nitrogens with one attached hydrogen (secondary N) is 1. The van der Waals surface area contributed by atoms with Crippen LogP contribution in [0.4, 0.5) is 14.9 Å². The van der Waals surface area contributed by atoms with E-state index in [-0.39, 0.29) is 6.79 Å². The molecule has 0 fully saturated rings. The zero-order chi connectivity index (χ0) is 19.0. The Morgan fingerprint density at radius 2 is 2.00 bits per heavy atom. The first kappa shape index (κ1) is 17.1. The zero-order valence-electron chi connectivity index (χ0n) is 14.5. The van der Waals surface area contributed by atoms with Gasteiger partial charge in [0.1, 0.15) is 11.9 Å². The maximum Gasteiger partial charge on any atom is 0.410 e. The number of amides is 2. The minimum absolute atomic E-state index is 0.123. The molecule has 2 aliphatic rings. The fourth-order valence-corrected chi connectivity index (χ4v) is 3.37. The predicted octanol–water partition coefficient (Wildman–Crippen LogP) is 2.86. The third-order valence-electron chi connectivity index (χ3n) is 4.63. The Labute approximate surface area is 154 Å². The Bertz CT molecular complexity index is 917. The van der Waals surface area contributed by atoms with Gasteiger partial charge in [0, 0.05) is 18.3 Å². The lowest BCUT2D eigenvalue weighted by atomic mass is 9.92. The molecule has 2 aromatic rings. The van der Waals surface area contributed by atoms with E-state index in [1.165, 1.54) is 24.1 Å². The van der Waals surface area contributed by atoms with E-state index in [4.69, 9.17) is 14.2 Å². The van der Waals surface area contributed by atoms with Gasteiger partial charge in [-0.1, -0.05) is 6.07 Å². The second kappa shape index (κ2) is 6.79. The third kappa shape index (κ3) is 3.14. The van der Waals surface area contributed by atoms with Crippen molar-refractivity contribution in [1.82, 2.24) is 4.90 Å². The van der Waals surface area contributed by atoms with Crippen LogP contribution in [0.1, 0.15) is 17.2 Å². The van der Waals surface area contributed by atoms with Crippen molar-refractivity contribution in [2.24, 2.45) is 0 Å². The first-order valence-electron chi connectivity index (χ1n) is 8.40. The van der Waals surface area contributed by atoms with Crippen LogP contribution in [0, 0.1) is 5.82 Å². The molecular weight excluding hydrogens is 355 g/mol. The first-order valence-corrected chi connectivity index (χ1v) is 8.40. The highest BCUT2D eigenvalue weighted by Crippen LogP contribution is 2.36. The molecule has 1 unspecified atom stereocenters. The van der Waals surface area contributed by atoms with Gasteiger partial charge >= 0.3 is 6.09 Å². The van der Waals surface area contributed by atoms with E-state index < -0.39 is 23.9 Å². The summed E-state index contributed by atoms with van der Waals surface area (Å²) >= 11 is 0. The number of nitrogens with zero attached hydrogens (tertiary/aromatic N) is 1. The van der Waals surface area contributed by atoms with E-state index in [0.717, 1.165) is 5.56 Å². The predicted molar refractivity (Wildman–Crippen MR) is 93.2 cm³/mol. The summed E-state index contributed by atoms with van der Waals surface area (Å²) in [6.45, 7) is 0.419. The molecule has 4 rings (SSSR count). The van der Waals surface area contributed by atoms with Crippen LogP contribution in [-0.2, 0) is 16.0 Å². The smallest absolute Gasteiger partial charge is 0.410 e. The molecular formula is C19H17FN2O5. The van der Waals surface area contributed by atoms with Crippen LogP contribution in [-0.4, -0.2) is 37.3 Å². The number of methoxy groups -OCH3 is 1. The SMILES string of the molecule is COC(=O)N1CCc2ccc(F)cc2C1C(=O)Nc1ccc2c(c1)OCO2. The average Bonchev–Trinajstić information content (AvgIpc) is 3.14. The lowest BCUT2D eigenvalue weighted by Gasteiger charge is -2.35. The fourth-order valence-electron chi connectivity index (χ4n) is 3.37. The summed E-state index contributed by atoms with van der Waals surface area (Å²) in [5, 5.41) is 2.76. The minimum Gasteiger partial charge on any atom is -0.454 e. The quantitative estimate of drug-likeness (QED) is 0.877. The Hall–Kier alpha value is -3.29. The second-order valence-electron chi connectivity index (χ2n) is 6.22. The van der Waals surface area contributed by atoms with E-state index in [0.29, 0.717) is 35.7 Å². The summed E-state index contributed by atoms with van der Waals surface area (Å²) in [4.78, 5) is 26.5. The monoisotopic (exact) mass is 372 g/mol. The van der Waals surface area contributed by atoms with Crippen molar-refractivity contribution >= 4 is 17.7 Å². The highest BCUT2D eigenvalue weighted by molar-refractivity contribution is 5.98. The molecule has 1 N–H and O–H groups in total. The molecule has 1 atom stereocenters. The number of fused-ring (bicyclic) bond motifs is 2. The Balaban J connectivity index is 1.66. The molecule has 0 saturated carbocycles. The van der Waals surface area contributed by atoms with Gasteiger partial charge in [0.2, 0.25) is 6.79 Å². The number of benzene rings is 2. The third-order valence-corrected chi connectivity index (χ3v) is 4.63. The van der Waals surface area contributed by atoms with E-state index >= 15 is 0 Å². The lowest BCUT2D eigenvalue weighted by molar-refractivity contribution is -0.121. The molecule has 7 nitrogen and oxygen atoms in total. The summed E-state index contributed by atoms with van der Waals surface area (Å²) in [6.07, 6.45) is -0.130. The molecule has 140 valence electrons. The van der Waals surface area contributed by atoms with E-state index in [1.54, 1.807) is 24.3 Å². The van der Waals surface area contributed by atoms with Gasteiger partial charge in [-0.05, 0) is 41.8 Å². The van der Waals surface area contributed by atoms with E-state index in [1.807, 2.05) is 0 Å². The van der Waals surface area contributed by atoms with Gasteiger partial charge in [0.05, 0.1) is 7.11 Å². The number of hydrogen-bond acceptors (Lipinski definition) is 5. The Morgan fingerprint density at radius 1 is 1.19 bits per heavy atom. The van der Waals surface area contributed by atoms with Gasteiger partial charge < -0.3 is 19.5 Å². The fraction of sp³-hybridized carbons (Fsp3) is 0.263. The second-order valence-corrected chi connectivity index (χ2v) is 6.22. The average molecular weight is 372 g/mol. The number of rotatable bonds is 2. The number of carbonyl (C=O) groups is 2. The first-order chi connectivity index (χ1) is 13.1. The number of anilines is 1. The van der Waals surface area contributed by atoms with Crippen molar-refractivity contribution in [2.45, 2.75) is 12.5 Å². The van der Waals surface area contributed by atoms with Crippen molar-refractivity contribution < 1.29 is 28.2 Å². The van der Waals surface area contributed by atoms with Gasteiger partial charge in [-0.3, -0.25) is 9.69 Å². The highest BCUT2D eigenvalue weighted by atomic mass is 19.1. The van der Waals surface area contributed by atoms with Crippen molar-refractivity contribution in [2.75, 3.05) is 25.8 Å². The van der Waals surface area contributed by atoms with Crippen molar-refractivity contribution in [3.63, 3.8) is 0 Å². The zero-order valence-corrected chi connectivity index (χ0v) is 14.5. The maximum atomic E-state index is 13.8. The summed E-state index contributed by atoms with van der Waals surface area (Å²) in [5.41, 5.74) is 1.75. The Morgan fingerprint density at radius 3 is 2.81 bits per heavy atom. The van der Waals surface area contributed by atoms with Crippen LogP contribution in [0.5, 0.6) is 11.5 Å². The standard InChI is InChI=1S/C19H17FN2O5/c1-25-19(24)22-7-6-11-2-3-12(20)8-14(11)17(22)18(23)21-13-4-5-15-16(9-13)27-10-26-15/h2-5,8-9,17H,6-7,10H2,1H3,(H,21,23). The summed E-state index contributed by atoms with van der Waals surface area (Å²) in [6, 6.07) is 8.27. The highest BCUT2D eigenvalue weighted by Gasteiger charge is 2.37. The molecule has 0 saturated heterocycles. The van der Waals surface area contributed by atoms with Crippen LogP contribution >= 0.6 is 0 Å². The Kier molecular flexibility index (Phi) is 4.31. The van der Waals surface area contributed by atoms with Crippen molar-refractivity contribution in [1.29, 1.82) is 0 Å². The largest absolute Gasteiger partial charge is 0.454 e. The van der Waals surface area contributed by atoms with Gasteiger partial charge in [-0.25, -0.2) is 9.18 Å². The summed E-state index contributed by atoms with van der Waals surface area (Å²) in [5.74, 6) is 0.175. The van der Waals surface area contributed by atoms with Crippen LogP contribution in [0.3, 0.4) is 0 Å². The molecule has 0 aliphatic carbocycles. The number of carbonyl (C=O) groups excluding carboxylic acids is 2. The van der Waals surface area contributed by atoms with E-state index in [9.17, 15) is 14.0 Å². The molecule has 27 heavy (non-hydrogen) atoms. The van der Waals surface area contributed by atoms with Crippen LogP contribution in [0.25, 0.3) is 0 Å². The van der Waals surface area contributed by atoms with Crippen LogP contribution < -0.4 is 14.8 Å². The number of ether oxygens (including phenoxy) is 3. The topological polar surface area (TPSA) is 77.1 Å². The van der Waals surface area contributed by atoms with Crippen molar-refractivity contribution in [3.05, 3.63) is 53.3 Å². The van der Waals surface area contributed by atoms with Crippen molar-refractivity contribution in [3.8, 4) is 11.5 Å². The maximum absolute atomic E-state index is 13.8. The van der Waals surface area contributed by atoms with Crippen LogP contribution in [0.15, 0.2) is 36.4 Å². The number of hydrogen-bond donors (Lipinski definition) is 1. The normalized spacial score (nSPS) is 17.3. The molecule has 8 heteroatoms. The van der Waals surface area contributed by atoms with E-state index in [2.05, 4.69) is 5.32 Å². The molecule has 2 heterocycles. The van der Waals surface area contributed by atoms with Gasteiger partial charge in [-0.15, -0.1) is 0 Å². The summed E-state index contributed by atoms with van der Waals surface area (Å²) < 4.78 is 29.2. The van der Waals surface area contributed by atoms with Crippen LogP contribution in [0.2, 0.25) is 0 Å². The molecule has 2 aliphatic heterocycles. The molecule has 0 bridgehead atoms. The lowest BCUT2D eigenvalue weighted by Crippen LogP contribution is -2.45. The van der Waals surface area contributed by atoms with Gasteiger partial charge in [0.15, 0.2) is 11.5 Å². The van der Waals surface area contributed by atoms with Gasteiger partial charge in [-0.2, -0.15) is 0 Å². The number of halogens is 1.